The third kappa shape index (κ3) is 5.49. The second kappa shape index (κ2) is 7.25. The molecule has 0 aliphatic rings. The highest BCUT2D eigenvalue weighted by Gasteiger charge is 2.21. The Balaban J connectivity index is 2.67. The Morgan fingerprint density at radius 1 is 1.26 bits per heavy atom. The summed E-state index contributed by atoms with van der Waals surface area (Å²) in [7, 11) is 0. The van der Waals surface area contributed by atoms with Gasteiger partial charge in [0.1, 0.15) is 6.61 Å². The predicted octanol–water partition coefficient (Wildman–Crippen LogP) is 3.42. The number of nitrogens with one attached hydrogen (secondary N) is 1. The van der Waals surface area contributed by atoms with Gasteiger partial charge < -0.3 is 10.1 Å². The van der Waals surface area contributed by atoms with Gasteiger partial charge in [-0.1, -0.05) is 23.2 Å². The Morgan fingerprint density at radius 3 is 2.37 bits per heavy atom. The molecule has 0 fully saturated rings. The minimum absolute atomic E-state index is 0.0167. The fourth-order valence-corrected chi connectivity index (χ4v) is 2.13. The smallest absolute Gasteiger partial charge is 0.172 e. The highest BCUT2D eigenvalue weighted by atomic mass is 35.5. The van der Waals surface area contributed by atoms with Crippen molar-refractivity contribution in [3.8, 4) is 0 Å². The minimum Gasteiger partial charge on any atom is -0.374 e. The zero-order valence-electron chi connectivity index (χ0n) is 11.4. The average Bonchev–Trinajstić information content (AvgIpc) is 2.32. The summed E-state index contributed by atoms with van der Waals surface area (Å²) in [6.45, 7) is 6.73. The van der Waals surface area contributed by atoms with Gasteiger partial charge in [0.15, 0.2) is 5.78 Å². The van der Waals surface area contributed by atoms with Gasteiger partial charge >= 0.3 is 0 Å². The molecule has 1 aromatic carbocycles. The van der Waals surface area contributed by atoms with Crippen molar-refractivity contribution in [1.29, 1.82) is 0 Å². The van der Waals surface area contributed by atoms with Crippen molar-refractivity contribution in [3.63, 3.8) is 0 Å². The molecule has 0 saturated heterocycles. The molecular weight excluding hydrogens is 285 g/mol. The Morgan fingerprint density at radius 2 is 1.84 bits per heavy atom. The minimum atomic E-state index is -0.392. The molecule has 0 heterocycles. The van der Waals surface area contributed by atoms with E-state index in [1.165, 1.54) is 0 Å². The molecule has 0 amide bonds. The van der Waals surface area contributed by atoms with E-state index in [-0.39, 0.29) is 18.9 Å². The van der Waals surface area contributed by atoms with Gasteiger partial charge in [-0.05, 0) is 44.5 Å². The number of hydrogen-bond acceptors (Lipinski definition) is 3. The molecule has 0 aliphatic carbocycles. The Hall–Kier alpha value is -0.610. The number of carbonyl (C=O) groups excluding carboxylic acids is 1. The fraction of sp³-hybridized carbons (Fsp3) is 0.500. The van der Waals surface area contributed by atoms with Crippen molar-refractivity contribution in [2.24, 2.45) is 0 Å². The maximum atomic E-state index is 11.6. The molecule has 0 bridgehead atoms. The molecule has 0 radical (unpaired) electrons. The third-order valence-corrected chi connectivity index (χ3v) is 3.22. The van der Waals surface area contributed by atoms with E-state index in [0.29, 0.717) is 16.7 Å². The summed E-state index contributed by atoms with van der Waals surface area (Å²) in [4.78, 5) is 11.6. The lowest BCUT2D eigenvalue weighted by molar-refractivity contribution is -0.122. The van der Waals surface area contributed by atoms with Crippen LogP contribution in [0.5, 0.6) is 0 Å². The van der Waals surface area contributed by atoms with Gasteiger partial charge in [-0.25, -0.2) is 0 Å². The van der Waals surface area contributed by atoms with Crippen LogP contribution in [0.2, 0.25) is 10.0 Å². The molecule has 1 rings (SSSR count). The van der Waals surface area contributed by atoms with Crippen LogP contribution in [0.25, 0.3) is 0 Å². The first-order valence-corrected chi connectivity index (χ1v) is 6.92. The molecule has 0 unspecified atom stereocenters. The van der Waals surface area contributed by atoms with Gasteiger partial charge in [0.2, 0.25) is 0 Å². The molecular formula is C14H19Cl2NO2. The standard InChI is InChI=1S/C14H19Cl2NO2/c1-4-19-9-13(18)8-17-14(2,3)10-5-11(15)7-12(16)6-10/h5-7,17H,4,8-9H2,1-3H3. The summed E-state index contributed by atoms with van der Waals surface area (Å²) in [6, 6.07) is 5.36. The summed E-state index contributed by atoms with van der Waals surface area (Å²) in [5, 5.41) is 4.35. The average molecular weight is 304 g/mol. The van der Waals surface area contributed by atoms with Crippen LogP contribution in [-0.4, -0.2) is 25.5 Å². The molecule has 1 aromatic rings. The van der Waals surface area contributed by atoms with E-state index in [1.54, 1.807) is 6.07 Å². The summed E-state index contributed by atoms with van der Waals surface area (Å²) in [5.74, 6) is 0.0167. The number of carbonyl (C=O) groups is 1. The van der Waals surface area contributed by atoms with Crippen molar-refractivity contribution in [2.75, 3.05) is 19.8 Å². The SMILES string of the molecule is CCOCC(=O)CNC(C)(C)c1cc(Cl)cc(Cl)c1. The molecule has 106 valence electrons. The zero-order chi connectivity index (χ0) is 14.5. The van der Waals surface area contributed by atoms with Gasteiger partial charge in [0.05, 0.1) is 6.54 Å². The lowest BCUT2D eigenvalue weighted by Gasteiger charge is -2.27. The van der Waals surface area contributed by atoms with Crippen LogP contribution in [0.1, 0.15) is 26.3 Å². The first-order chi connectivity index (χ1) is 8.85. The topological polar surface area (TPSA) is 38.3 Å². The van der Waals surface area contributed by atoms with Crippen LogP contribution in [0, 0.1) is 0 Å². The maximum absolute atomic E-state index is 11.6. The normalized spacial score (nSPS) is 11.6. The van der Waals surface area contributed by atoms with E-state index >= 15 is 0 Å². The Bertz CT molecular complexity index is 427. The number of halogens is 2. The van der Waals surface area contributed by atoms with Crippen molar-refractivity contribution >= 4 is 29.0 Å². The molecule has 0 atom stereocenters. The van der Waals surface area contributed by atoms with E-state index in [1.807, 2.05) is 32.9 Å². The molecule has 0 aromatic heterocycles. The third-order valence-electron chi connectivity index (χ3n) is 2.78. The second-order valence-corrected chi connectivity index (χ2v) is 5.69. The maximum Gasteiger partial charge on any atom is 0.172 e. The van der Waals surface area contributed by atoms with E-state index in [4.69, 9.17) is 27.9 Å². The van der Waals surface area contributed by atoms with Crippen LogP contribution in [0.3, 0.4) is 0 Å². The van der Waals surface area contributed by atoms with Crippen LogP contribution in [0.4, 0.5) is 0 Å². The second-order valence-electron chi connectivity index (χ2n) is 4.81. The first-order valence-electron chi connectivity index (χ1n) is 6.16. The monoisotopic (exact) mass is 303 g/mol. The van der Waals surface area contributed by atoms with Gasteiger partial charge in [-0.15, -0.1) is 0 Å². The zero-order valence-corrected chi connectivity index (χ0v) is 12.9. The quantitative estimate of drug-likeness (QED) is 0.839. The molecule has 1 N–H and O–H groups in total. The molecule has 19 heavy (non-hydrogen) atoms. The van der Waals surface area contributed by atoms with E-state index in [2.05, 4.69) is 5.32 Å². The largest absolute Gasteiger partial charge is 0.374 e. The number of benzene rings is 1. The number of hydrogen-bond donors (Lipinski definition) is 1. The highest BCUT2D eigenvalue weighted by molar-refractivity contribution is 6.34. The predicted molar refractivity (Wildman–Crippen MR) is 79.0 cm³/mol. The molecule has 0 spiro atoms. The van der Waals surface area contributed by atoms with Gasteiger partial charge in [0, 0.05) is 22.2 Å². The van der Waals surface area contributed by atoms with Crippen LogP contribution >= 0.6 is 23.2 Å². The Labute approximate surface area is 124 Å². The summed E-state index contributed by atoms with van der Waals surface area (Å²) in [5.41, 5.74) is 0.547. The van der Waals surface area contributed by atoms with Crippen LogP contribution < -0.4 is 5.32 Å². The van der Waals surface area contributed by atoms with E-state index < -0.39 is 5.54 Å². The van der Waals surface area contributed by atoms with Crippen molar-refractivity contribution in [2.45, 2.75) is 26.3 Å². The van der Waals surface area contributed by atoms with Crippen molar-refractivity contribution < 1.29 is 9.53 Å². The van der Waals surface area contributed by atoms with E-state index in [9.17, 15) is 4.79 Å². The van der Waals surface area contributed by atoms with Crippen molar-refractivity contribution in [3.05, 3.63) is 33.8 Å². The number of ether oxygens (including phenoxy) is 1. The molecule has 0 aliphatic heterocycles. The fourth-order valence-electron chi connectivity index (χ4n) is 1.60. The number of ketones is 1. The van der Waals surface area contributed by atoms with Gasteiger partial charge in [-0.3, -0.25) is 4.79 Å². The van der Waals surface area contributed by atoms with Gasteiger partial charge in [0.25, 0.3) is 0 Å². The van der Waals surface area contributed by atoms with Crippen molar-refractivity contribution in [1.82, 2.24) is 5.32 Å². The summed E-state index contributed by atoms with van der Waals surface area (Å²) in [6.07, 6.45) is 0. The lowest BCUT2D eigenvalue weighted by atomic mass is 9.94. The molecule has 0 saturated carbocycles. The number of rotatable bonds is 7. The number of Topliss-reactive ketones (excluding diaryl/α,β-unsaturated/α-hetero) is 1. The molecule has 3 nitrogen and oxygen atoms in total. The Kier molecular flexibility index (Phi) is 6.27. The summed E-state index contributed by atoms with van der Waals surface area (Å²) < 4.78 is 5.07. The molecule has 5 heteroatoms. The van der Waals surface area contributed by atoms with E-state index in [0.717, 1.165) is 5.56 Å². The van der Waals surface area contributed by atoms with Crippen LogP contribution in [0.15, 0.2) is 18.2 Å². The summed E-state index contributed by atoms with van der Waals surface area (Å²) >= 11 is 12.0. The van der Waals surface area contributed by atoms with Gasteiger partial charge in [-0.2, -0.15) is 0 Å². The highest BCUT2D eigenvalue weighted by Crippen LogP contribution is 2.27. The van der Waals surface area contributed by atoms with Crippen LogP contribution in [-0.2, 0) is 15.1 Å². The lowest BCUT2D eigenvalue weighted by Crippen LogP contribution is -2.40. The first kappa shape index (κ1) is 16.4.